The summed E-state index contributed by atoms with van der Waals surface area (Å²) in [5.74, 6) is -0.385. The first-order chi connectivity index (χ1) is 6.74. The zero-order valence-electron chi connectivity index (χ0n) is 7.50. The summed E-state index contributed by atoms with van der Waals surface area (Å²) in [5, 5.41) is 1.25. The zero-order chi connectivity index (χ0) is 10.1. The maximum atomic E-state index is 11.3. The molecule has 1 aromatic carbocycles. The van der Waals surface area contributed by atoms with Gasteiger partial charge in [0, 0.05) is 17.1 Å². The lowest BCUT2D eigenvalue weighted by Crippen LogP contribution is -1.99. The van der Waals surface area contributed by atoms with Crippen molar-refractivity contribution in [3.8, 4) is 0 Å². The van der Waals surface area contributed by atoms with Crippen molar-refractivity contribution in [2.24, 2.45) is 0 Å². The highest BCUT2D eigenvalue weighted by Gasteiger charge is 2.13. The third-order valence-corrected chi connectivity index (χ3v) is 2.38. The van der Waals surface area contributed by atoms with E-state index in [1.807, 2.05) is 12.1 Å². The average Bonchev–Trinajstić information content (AvgIpc) is 2.62. The van der Waals surface area contributed by atoms with Gasteiger partial charge in [-0.1, -0.05) is 17.7 Å². The van der Waals surface area contributed by atoms with Crippen LogP contribution in [0.3, 0.4) is 0 Å². The number of halogens is 1. The van der Waals surface area contributed by atoms with Crippen LogP contribution in [-0.4, -0.2) is 18.1 Å². The van der Waals surface area contributed by atoms with Crippen LogP contribution in [-0.2, 0) is 4.74 Å². The lowest BCUT2D eigenvalue weighted by Gasteiger charge is -1.98. The van der Waals surface area contributed by atoms with Crippen molar-refractivity contribution in [1.29, 1.82) is 0 Å². The molecular formula is C10H8ClNO2. The topological polar surface area (TPSA) is 42.1 Å². The van der Waals surface area contributed by atoms with Crippen LogP contribution in [0.15, 0.2) is 24.4 Å². The fourth-order valence-corrected chi connectivity index (χ4v) is 1.69. The van der Waals surface area contributed by atoms with E-state index in [9.17, 15) is 4.79 Å². The smallest absolute Gasteiger partial charge is 0.340 e. The molecule has 0 bridgehead atoms. The quantitative estimate of drug-likeness (QED) is 0.734. The number of methoxy groups -OCH3 is 1. The zero-order valence-corrected chi connectivity index (χ0v) is 8.26. The monoisotopic (exact) mass is 209 g/mol. The molecule has 0 aliphatic heterocycles. The minimum atomic E-state index is -0.385. The molecule has 3 nitrogen and oxygen atoms in total. The first-order valence-corrected chi connectivity index (χ1v) is 4.45. The summed E-state index contributed by atoms with van der Waals surface area (Å²) in [4.78, 5) is 14.3. The molecule has 14 heavy (non-hydrogen) atoms. The van der Waals surface area contributed by atoms with E-state index in [4.69, 9.17) is 11.6 Å². The normalized spacial score (nSPS) is 10.4. The molecule has 1 aromatic heterocycles. The number of hydrogen-bond donors (Lipinski definition) is 1. The number of aromatic nitrogens is 1. The Balaban J connectivity index is 2.73. The van der Waals surface area contributed by atoms with Crippen molar-refractivity contribution in [3.05, 3.63) is 35.0 Å². The van der Waals surface area contributed by atoms with Crippen molar-refractivity contribution in [3.63, 3.8) is 0 Å². The summed E-state index contributed by atoms with van der Waals surface area (Å²) >= 11 is 5.98. The molecule has 0 saturated carbocycles. The Morgan fingerprint density at radius 3 is 3.00 bits per heavy atom. The minimum Gasteiger partial charge on any atom is -0.465 e. The molecule has 0 unspecified atom stereocenters. The summed E-state index contributed by atoms with van der Waals surface area (Å²) < 4.78 is 4.64. The molecule has 1 heterocycles. The maximum absolute atomic E-state index is 11.3. The molecule has 72 valence electrons. The lowest BCUT2D eigenvalue weighted by molar-refractivity contribution is 0.0603. The Morgan fingerprint density at radius 2 is 2.29 bits per heavy atom. The van der Waals surface area contributed by atoms with Gasteiger partial charge in [-0.25, -0.2) is 4.79 Å². The van der Waals surface area contributed by atoms with Crippen molar-refractivity contribution in [2.45, 2.75) is 0 Å². The number of benzene rings is 1. The molecule has 0 aliphatic rings. The van der Waals surface area contributed by atoms with E-state index >= 15 is 0 Å². The van der Waals surface area contributed by atoms with Gasteiger partial charge in [0.25, 0.3) is 0 Å². The highest BCUT2D eigenvalue weighted by molar-refractivity contribution is 6.36. The fraction of sp³-hybridized carbons (Fsp3) is 0.100. The van der Waals surface area contributed by atoms with Crippen LogP contribution in [0.25, 0.3) is 10.9 Å². The number of rotatable bonds is 1. The number of esters is 1. The van der Waals surface area contributed by atoms with Crippen LogP contribution in [0.2, 0.25) is 5.02 Å². The fourth-order valence-electron chi connectivity index (χ4n) is 1.41. The van der Waals surface area contributed by atoms with E-state index in [2.05, 4.69) is 9.72 Å². The molecule has 0 amide bonds. The van der Waals surface area contributed by atoms with Crippen molar-refractivity contribution in [2.75, 3.05) is 7.11 Å². The Labute approximate surface area is 85.6 Å². The molecule has 0 atom stereocenters. The third-order valence-electron chi connectivity index (χ3n) is 2.06. The van der Waals surface area contributed by atoms with Crippen molar-refractivity contribution < 1.29 is 9.53 Å². The standard InChI is InChI=1S/C10H8ClNO2/c1-14-10(13)6-5-12-8-4-2-3-7(11)9(6)8/h2-5,12H,1H3. The number of hydrogen-bond acceptors (Lipinski definition) is 2. The first-order valence-electron chi connectivity index (χ1n) is 4.08. The van der Waals surface area contributed by atoms with Crippen LogP contribution in [0.5, 0.6) is 0 Å². The molecule has 0 fully saturated rings. The van der Waals surface area contributed by atoms with E-state index in [-0.39, 0.29) is 5.97 Å². The number of aromatic amines is 1. The highest BCUT2D eigenvalue weighted by atomic mass is 35.5. The van der Waals surface area contributed by atoms with Crippen LogP contribution in [0, 0.1) is 0 Å². The van der Waals surface area contributed by atoms with Crippen LogP contribution in [0.1, 0.15) is 10.4 Å². The molecule has 0 spiro atoms. The summed E-state index contributed by atoms with van der Waals surface area (Å²) in [6.07, 6.45) is 1.60. The number of carbonyl (C=O) groups is 1. The SMILES string of the molecule is COC(=O)c1c[nH]c2cccc(Cl)c12. The van der Waals surface area contributed by atoms with Gasteiger partial charge < -0.3 is 9.72 Å². The highest BCUT2D eigenvalue weighted by Crippen LogP contribution is 2.26. The van der Waals surface area contributed by atoms with Gasteiger partial charge in [0.05, 0.1) is 17.7 Å². The molecule has 2 rings (SSSR count). The Kier molecular flexibility index (Phi) is 2.17. The first kappa shape index (κ1) is 9.09. The van der Waals surface area contributed by atoms with Crippen LogP contribution in [0.4, 0.5) is 0 Å². The second-order valence-corrected chi connectivity index (χ2v) is 3.26. The molecule has 0 saturated heterocycles. The van der Waals surface area contributed by atoms with E-state index in [0.29, 0.717) is 16.0 Å². The van der Waals surface area contributed by atoms with Gasteiger partial charge in [0.15, 0.2) is 0 Å². The second kappa shape index (κ2) is 3.35. The van der Waals surface area contributed by atoms with Gasteiger partial charge >= 0.3 is 5.97 Å². The van der Waals surface area contributed by atoms with Gasteiger partial charge in [-0.15, -0.1) is 0 Å². The van der Waals surface area contributed by atoms with E-state index in [0.717, 1.165) is 5.52 Å². The second-order valence-electron chi connectivity index (χ2n) is 2.86. The minimum absolute atomic E-state index is 0.385. The van der Waals surface area contributed by atoms with Crippen molar-refractivity contribution >= 4 is 28.5 Å². The van der Waals surface area contributed by atoms with Crippen LogP contribution >= 0.6 is 11.6 Å². The molecule has 0 radical (unpaired) electrons. The largest absolute Gasteiger partial charge is 0.465 e. The lowest BCUT2D eigenvalue weighted by atomic mass is 10.2. The van der Waals surface area contributed by atoms with E-state index in [1.165, 1.54) is 7.11 Å². The van der Waals surface area contributed by atoms with Crippen LogP contribution < -0.4 is 0 Å². The molecule has 1 N–H and O–H groups in total. The summed E-state index contributed by atoms with van der Waals surface area (Å²) in [5.41, 5.74) is 1.30. The third kappa shape index (κ3) is 1.26. The Bertz CT molecular complexity index is 490. The van der Waals surface area contributed by atoms with Gasteiger partial charge in [-0.05, 0) is 12.1 Å². The number of fused-ring (bicyclic) bond motifs is 1. The number of nitrogens with one attached hydrogen (secondary N) is 1. The predicted molar refractivity (Wildman–Crippen MR) is 54.6 cm³/mol. The number of ether oxygens (including phenoxy) is 1. The van der Waals surface area contributed by atoms with E-state index in [1.54, 1.807) is 12.3 Å². The number of carbonyl (C=O) groups excluding carboxylic acids is 1. The Hall–Kier alpha value is -1.48. The predicted octanol–water partition coefficient (Wildman–Crippen LogP) is 2.61. The van der Waals surface area contributed by atoms with Gasteiger partial charge in [-0.2, -0.15) is 0 Å². The molecule has 0 aliphatic carbocycles. The number of H-pyrrole nitrogens is 1. The average molecular weight is 210 g/mol. The maximum Gasteiger partial charge on any atom is 0.340 e. The van der Waals surface area contributed by atoms with Gasteiger partial charge in [0.2, 0.25) is 0 Å². The molecule has 2 aromatic rings. The van der Waals surface area contributed by atoms with Gasteiger partial charge in [0.1, 0.15) is 0 Å². The van der Waals surface area contributed by atoms with Crippen molar-refractivity contribution in [1.82, 2.24) is 4.98 Å². The molecule has 4 heteroatoms. The van der Waals surface area contributed by atoms with E-state index < -0.39 is 0 Å². The Morgan fingerprint density at radius 1 is 1.50 bits per heavy atom. The summed E-state index contributed by atoms with van der Waals surface area (Å²) in [7, 11) is 1.35. The summed E-state index contributed by atoms with van der Waals surface area (Å²) in [6, 6.07) is 5.42. The van der Waals surface area contributed by atoms with Gasteiger partial charge in [-0.3, -0.25) is 0 Å². The summed E-state index contributed by atoms with van der Waals surface area (Å²) in [6.45, 7) is 0. The molecular weight excluding hydrogens is 202 g/mol.